The highest BCUT2D eigenvalue weighted by Crippen LogP contribution is 2.25. The van der Waals surface area contributed by atoms with Crippen LogP contribution in [0.15, 0.2) is 12.1 Å². The fourth-order valence-corrected chi connectivity index (χ4v) is 1.43. The van der Waals surface area contributed by atoms with Gasteiger partial charge < -0.3 is 15.8 Å². The van der Waals surface area contributed by atoms with Gasteiger partial charge in [-0.3, -0.25) is 0 Å². The molecule has 0 heterocycles. The van der Waals surface area contributed by atoms with Crippen molar-refractivity contribution < 1.29 is 9.13 Å². The Morgan fingerprint density at radius 2 is 2.25 bits per heavy atom. The van der Waals surface area contributed by atoms with Gasteiger partial charge in [0, 0.05) is 25.8 Å². The maximum absolute atomic E-state index is 13.1. The molecule has 0 radical (unpaired) electrons. The highest BCUT2D eigenvalue weighted by atomic mass is 35.5. The number of anilines is 2. The van der Waals surface area contributed by atoms with E-state index in [-0.39, 0.29) is 5.02 Å². The molecular weight excluding hydrogens is 231 g/mol. The zero-order valence-electron chi connectivity index (χ0n) is 9.22. The van der Waals surface area contributed by atoms with Crippen LogP contribution in [-0.2, 0) is 4.74 Å². The quantitative estimate of drug-likeness (QED) is 0.599. The van der Waals surface area contributed by atoms with Crippen molar-refractivity contribution in [3.63, 3.8) is 0 Å². The number of rotatable bonds is 6. The van der Waals surface area contributed by atoms with Crippen molar-refractivity contribution in [3.05, 3.63) is 23.0 Å². The Balaban J connectivity index is 2.45. The summed E-state index contributed by atoms with van der Waals surface area (Å²) in [5.74, 6) is -0.469. The Morgan fingerprint density at radius 1 is 1.50 bits per heavy atom. The lowest BCUT2D eigenvalue weighted by molar-refractivity contribution is 0.147. The highest BCUT2D eigenvalue weighted by Gasteiger charge is 2.05. The first kappa shape index (κ1) is 13.1. The van der Waals surface area contributed by atoms with E-state index in [9.17, 15) is 4.39 Å². The Hall–Kier alpha value is -1.00. The molecule has 0 unspecified atom stereocenters. The van der Waals surface area contributed by atoms with E-state index in [0.29, 0.717) is 31.1 Å². The normalized spacial score (nSPS) is 10.4. The van der Waals surface area contributed by atoms with E-state index < -0.39 is 5.82 Å². The summed E-state index contributed by atoms with van der Waals surface area (Å²) in [6.07, 6.45) is 0.845. The minimum atomic E-state index is -0.469. The van der Waals surface area contributed by atoms with Gasteiger partial charge in [-0.25, -0.2) is 4.39 Å². The molecule has 0 bridgehead atoms. The van der Waals surface area contributed by atoms with Gasteiger partial charge in [-0.05, 0) is 19.4 Å². The molecule has 0 atom stereocenters. The smallest absolute Gasteiger partial charge is 0.143 e. The SMILES string of the molecule is CCOCCCNc1cc(F)c(Cl)cc1N. The average molecular weight is 247 g/mol. The van der Waals surface area contributed by atoms with Crippen molar-refractivity contribution in [2.24, 2.45) is 0 Å². The summed E-state index contributed by atoms with van der Waals surface area (Å²) in [4.78, 5) is 0. The van der Waals surface area contributed by atoms with Gasteiger partial charge in [0.2, 0.25) is 0 Å². The average Bonchev–Trinajstić information content (AvgIpc) is 2.25. The van der Waals surface area contributed by atoms with Crippen LogP contribution in [-0.4, -0.2) is 19.8 Å². The molecule has 0 aliphatic heterocycles. The number of hydrogen-bond acceptors (Lipinski definition) is 3. The fraction of sp³-hybridized carbons (Fsp3) is 0.455. The number of benzene rings is 1. The number of nitrogen functional groups attached to an aromatic ring is 1. The monoisotopic (exact) mass is 246 g/mol. The summed E-state index contributed by atoms with van der Waals surface area (Å²) in [6.45, 7) is 4.02. The largest absolute Gasteiger partial charge is 0.397 e. The number of hydrogen-bond donors (Lipinski definition) is 2. The third-order valence-electron chi connectivity index (χ3n) is 2.08. The third-order valence-corrected chi connectivity index (χ3v) is 2.37. The van der Waals surface area contributed by atoms with Crippen LogP contribution in [0, 0.1) is 5.82 Å². The fourth-order valence-electron chi connectivity index (χ4n) is 1.26. The van der Waals surface area contributed by atoms with Crippen LogP contribution >= 0.6 is 11.6 Å². The first-order valence-corrected chi connectivity index (χ1v) is 5.59. The maximum atomic E-state index is 13.1. The highest BCUT2D eigenvalue weighted by molar-refractivity contribution is 6.31. The summed E-state index contributed by atoms with van der Waals surface area (Å²) >= 11 is 5.59. The lowest BCUT2D eigenvalue weighted by atomic mass is 10.2. The van der Waals surface area contributed by atoms with Gasteiger partial charge >= 0.3 is 0 Å². The van der Waals surface area contributed by atoms with Crippen LogP contribution in [0.25, 0.3) is 0 Å². The Bertz CT molecular complexity index is 347. The number of nitrogens with two attached hydrogens (primary N) is 1. The molecule has 5 heteroatoms. The second kappa shape index (κ2) is 6.55. The van der Waals surface area contributed by atoms with Crippen LogP contribution in [0.1, 0.15) is 13.3 Å². The molecular formula is C11H16ClFN2O. The van der Waals surface area contributed by atoms with Gasteiger partial charge in [-0.15, -0.1) is 0 Å². The molecule has 3 nitrogen and oxygen atoms in total. The zero-order chi connectivity index (χ0) is 12.0. The molecule has 0 fully saturated rings. The predicted octanol–water partition coefficient (Wildman–Crippen LogP) is 2.90. The molecule has 1 rings (SSSR count). The molecule has 1 aromatic carbocycles. The van der Waals surface area contributed by atoms with Crippen molar-refractivity contribution in [2.45, 2.75) is 13.3 Å². The van der Waals surface area contributed by atoms with Gasteiger partial charge in [0.15, 0.2) is 0 Å². The Morgan fingerprint density at radius 3 is 2.94 bits per heavy atom. The van der Waals surface area contributed by atoms with E-state index in [4.69, 9.17) is 22.1 Å². The molecule has 0 aromatic heterocycles. The zero-order valence-corrected chi connectivity index (χ0v) is 9.98. The first-order valence-electron chi connectivity index (χ1n) is 5.21. The van der Waals surface area contributed by atoms with Crippen LogP contribution in [0.5, 0.6) is 0 Å². The minimum Gasteiger partial charge on any atom is -0.397 e. The Kier molecular flexibility index (Phi) is 5.35. The summed E-state index contributed by atoms with van der Waals surface area (Å²) in [6, 6.07) is 2.71. The Labute approximate surface area is 99.7 Å². The predicted molar refractivity (Wildman–Crippen MR) is 65.4 cm³/mol. The lowest BCUT2D eigenvalue weighted by Gasteiger charge is -2.10. The first-order chi connectivity index (χ1) is 7.65. The standard InChI is InChI=1S/C11H16ClFN2O/c1-2-16-5-3-4-15-11-7-9(13)8(12)6-10(11)14/h6-7,15H,2-5,14H2,1H3. The van der Waals surface area contributed by atoms with Crippen molar-refractivity contribution in [2.75, 3.05) is 30.8 Å². The van der Waals surface area contributed by atoms with E-state index in [1.54, 1.807) is 0 Å². The van der Waals surface area contributed by atoms with Gasteiger partial charge in [-0.2, -0.15) is 0 Å². The van der Waals surface area contributed by atoms with Crippen LogP contribution < -0.4 is 11.1 Å². The van der Waals surface area contributed by atoms with Crippen LogP contribution in [0.4, 0.5) is 15.8 Å². The van der Waals surface area contributed by atoms with Gasteiger partial charge in [0.25, 0.3) is 0 Å². The van der Waals surface area contributed by atoms with Gasteiger partial charge in [-0.1, -0.05) is 11.6 Å². The molecule has 16 heavy (non-hydrogen) atoms. The third kappa shape index (κ3) is 3.87. The minimum absolute atomic E-state index is 0.0392. The topological polar surface area (TPSA) is 47.3 Å². The summed E-state index contributed by atoms with van der Waals surface area (Å²) in [5, 5.41) is 3.08. The van der Waals surface area contributed by atoms with E-state index in [0.717, 1.165) is 6.42 Å². The lowest BCUT2D eigenvalue weighted by Crippen LogP contribution is -2.07. The van der Waals surface area contributed by atoms with E-state index in [1.165, 1.54) is 12.1 Å². The van der Waals surface area contributed by atoms with Gasteiger partial charge in [0.05, 0.1) is 16.4 Å². The summed E-state index contributed by atoms with van der Waals surface area (Å²) in [5.41, 5.74) is 6.70. The molecule has 0 aliphatic carbocycles. The van der Waals surface area contributed by atoms with Crippen molar-refractivity contribution in [3.8, 4) is 0 Å². The van der Waals surface area contributed by atoms with Gasteiger partial charge in [0.1, 0.15) is 5.82 Å². The summed E-state index contributed by atoms with van der Waals surface area (Å²) < 4.78 is 18.3. The number of ether oxygens (including phenoxy) is 1. The molecule has 0 saturated heterocycles. The molecule has 0 spiro atoms. The molecule has 0 aliphatic rings. The molecule has 0 amide bonds. The van der Waals surface area contributed by atoms with E-state index >= 15 is 0 Å². The van der Waals surface area contributed by atoms with Crippen molar-refractivity contribution in [1.82, 2.24) is 0 Å². The van der Waals surface area contributed by atoms with E-state index in [1.807, 2.05) is 6.92 Å². The molecule has 90 valence electrons. The molecule has 1 aromatic rings. The maximum Gasteiger partial charge on any atom is 0.143 e. The second-order valence-electron chi connectivity index (χ2n) is 3.33. The van der Waals surface area contributed by atoms with E-state index in [2.05, 4.69) is 5.32 Å². The van der Waals surface area contributed by atoms with Crippen LogP contribution in [0.2, 0.25) is 5.02 Å². The molecule has 3 N–H and O–H groups in total. The van der Waals surface area contributed by atoms with Crippen molar-refractivity contribution in [1.29, 1.82) is 0 Å². The van der Waals surface area contributed by atoms with Crippen molar-refractivity contribution >= 4 is 23.0 Å². The molecule has 0 saturated carbocycles. The summed E-state index contributed by atoms with van der Waals surface area (Å²) in [7, 11) is 0. The number of halogens is 2. The second-order valence-corrected chi connectivity index (χ2v) is 3.74. The number of nitrogens with one attached hydrogen (secondary N) is 1. The van der Waals surface area contributed by atoms with Crippen LogP contribution in [0.3, 0.4) is 0 Å².